The van der Waals surface area contributed by atoms with Crippen LogP contribution < -0.4 is 9.64 Å². The number of nitrogens with zero attached hydrogens (tertiary/aromatic N) is 6. The number of carbonyl (C=O) groups excluding carboxylic acids is 1. The molecule has 2 aliphatic heterocycles. The minimum atomic E-state index is 0.122. The number of carbonyl (C=O) groups is 1. The number of amides is 1. The summed E-state index contributed by atoms with van der Waals surface area (Å²) in [5.41, 5.74) is 2.10. The number of rotatable bonds is 6. The van der Waals surface area contributed by atoms with Gasteiger partial charge in [-0.05, 0) is 49.4 Å². The number of ether oxygens (including phenoxy) is 1. The van der Waals surface area contributed by atoms with Gasteiger partial charge in [0.15, 0.2) is 5.65 Å². The number of anilines is 1. The fourth-order valence-electron chi connectivity index (χ4n) is 4.78. The van der Waals surface area contributed by atoms with E-state index >= 15 is 0 Å². The largest absolute Gasteiger partial charge is 0.495 e. The number of hydrogen-bond donors (Lipinski definition) is 0. The van der Waals surface area contributed by atoms with Crippen molar-refractivity contribution in [3.05, 3.63) is 48.5 Å². The van der Waals surface area contributed by atoms with Crippen LogP contribution in [-0.2, 0) is 11.2 Å². The fraction of sp³-hybridized carbons (Fsp3) is 0.455. The van der Waals surface area contributed by atoms with Gasteiger partial charge in [0, 0.05) is 31.7 Å². The highest BCUT2D eigenvalue weighted by Gasteiger charge is 2.42. The summed E-state index contributed by atoms with van der Waals surface area (Å²) in [4.78, 5) is 26.2. The average molecular weight is 406 g/mol. The topological polar surface area (TPSA) is 75.9 Å². The summed E-state index contributed by atoms with van der Waals surface area (Å²) in [7, 11) is 1.65. The second-order valence-electron chi connectivity index (χ2n) is 8.07. The average Bonchev–Trinajstić information content (AvgIpc) is 3.39. The van der Waals surface area contributed by atoms with Crippen molar-refractivity contribution >= 4 is 17.4 Å². The first kappa shape index (κ1) is 18.8. The minimum Gasteiger partial charge on any atom is -0.495 e. The van der Waals surface area contributed by atoms with Crippen LogP contribution in [0, 0.1) is 5.92 Å². The third-order valence-electron chi connectivity index (χ3n) is 6.34. The van der Waals surface area contributed by atoms with E-state index in [4.69, 9.17) is 4.74 Å². The lowest BCUT2D eigenvalue weighted by Gasteiger charge is -2.38. The van der Waals surface area contributed by atoms with E-state index in [9.17, 15) is 4.79 Å². The van der Waals surface area contributed by atoms with Gasteiger partial charge in [0.25, 0.3) is 0 Å². The molecule has 8 heteroatoms. The Bertz CT molecular complexity index is 1030. The third kappa shape index (κ3) is 3.46. The summed E-state index contributed by atoms with van der Waals surface area (Å²) in [6, 6.07) is 8.31. The summed E-state index contributed by atoms with van der Waals surface area (Å²) >= 11 is 0. The summed E-state index contributed by atoms with van der Waals surface area (Å²) in [5, 5.41) is 4.20. The highest BCUT2D eigenvalue weighted by atomic mass is 16.5. The fourth-order valence-corrected chi connectivity index (χ4v) is 4.78. The number of piperazine rings is 1. The van der Waals surface area contributed by atoms with E-state index in [-0.39, 0.29) is 12.0 Å². The van der Waals surface area contributed by atoms with Crippen LogP contribution in [-0.4, -0.2) is 63.2 Å². The predicted molar refractivity (Wildman–Crippen MR) is 113 cm³/mol. The Morgan fingerprint density at radius 2 is 2.13 bits per heavy atom. The SMILES string of the molecule is COc1ccc(N2CCN3C(=O)C(CCCc4cccn5ncnc45)C[C@H]3C2)nc1. The Morgan fingerprint density at radius 3 is 2.97 bits per heavy atom. The zero-order valence-electron chi connectivity index (χ0n) is 17.1. The zero-order valence-corrected chi connectivity index (χ0v) is 17.1. The van der Waals surface area contributed by atoms with Crippen LogP contribution in [0.3, 0.4) is 0 Å². The number of aryl methyl sites for hydroxylation is 1. The molecule has 3 aromatic rings. The van der Waals surface area contributed by atoms with Gasteiger partial charge in [0.1, 0.15) is 17.9 Å². The van der Waals surface area contributed by atoms with Gasteiger partial charge in [-0.25, -0.2) is 14.5 Å². The molecule has 3 aromatic heterocycles. The molecule has 0 aliphatic carbocycles. The van der Waals surface area contributed by atoms with Crippen molar-refractivity contribution in [2.24, 2.45) is 5.92 Å². The van der Waals surface area contributed by atoms with Crippen LogP contribution in [0.4, 0.5) is 5.82 Å². The molecule has 0 radical (unpaired) electrons. The molecule has 2 saturated heterocycles. The van der Waals surface area contributed by atoms with Crippen molar-refractivity contribution in [2.45, 2.75) is 31.7 Å². The van der Waals surface area contributed by atoms with Gasteiger partial charge in [-0.2, -0.15) is 5.10 Å². The molecule has 2 fully saturated rings. The van der Waals surface area contributed by atoms with E-state index < -0.39 is 0 Å². The second-order valence-corrected chi connectivity index (χ2v) is 8.07. The van der Waals surface area contributed by atoms with E-state index in [0.717, 1.165) is 62.5 Å². The van der Waals surface area contributed by atoms with Crippen LogP contribution in [0.5, 0.6) is 5.75 Å². The van der Waals surface area contributed by atoms with Crippen molar-refractivity contribution in [3.8, 4) is 5.75 Å². The molecule has 0 aromatic carbocycles. The van der Waals surface area contributed by atoms with E-state index in [1.165, 1.54) is 5.56 Å². The van der Waals surface area contributed by atoms with Gasteiger partial charge in [0.05, 0.1) is 19.3 Å². The van der Waals surface area contributed by atoms with Gasteiger partial charge in [-0.15, -0.1) is 0 Å². The number of aromatic nitrogens is 4. The highest BCUT2D eigenvalue weighted by Crippen LogP contribution is 2.32. The van der Waals surface area contributed by atoms with E-state index in [0.29, 0.717) is 5.91 Å². The first-order chi connectivity index (χ1) is 14.7. The maximum atomic E-state index is 12.9. The Labute approximate surface area is 175 Å². The van der Waals surface area contributed by atoms with Gasteiger partial charge in [-0.1, -0.05) is 6.07 Å². The van der Waals surface area contributed by atoms with Gasteiger partial charge < -0.3 is 14.5 Å². The molecule has 8 nitrogen and oxygen atoms in total. The molecule has 5 rings (SSSR count). The van der Waals surface area contributed by atoms with Crippen LogP contribution in [0.25, 0.3) is 5.65 Å². The molecule has 0 N–H and O–H groups in total. The Morgan fingerprint density at radius 1 is 1.20 bits per heavy atom. The molecule has 5 heterocycles. The molecular weight excluding hydrogens is 380 g/mol. The lowest BCUT2D eigenvalue weighted by molar-refractivity contribution is -0.132. The quantitative estimate of drug-likeness (QED) is 0.625. The van der Waals surface area contributed by atoms with Crippen LogP contribution >= 0.6 is 0 Å². The van der Waals surface area contributed by atoms with Crippen LogP contribution in [0.15, 0.2) is 43.0 Å². The molecule has 0 spiro atoms. The Balaban J connectivity index is 1.18. The maximum absolute atomic E-state index is 12.9. The normalized spacial score (nSPS) is 21.3. The Hall–Kier alpha value is -3.16. The van der Waals surface area contributed by atoms with E-state index in [2.05, 4.69) is 30.9 Å². The molecule has 2 aliphatic rings. The summed E-state index contributed by atoms with van der Waals surface area (Å²) in [6.45, 7) is 2.44. The Kier molecular flexibility index (Phi) is 4.98. The molecule has 2 atom stereocenters. The number of pyridine rings is 2. The molecule has 1 amide bonds. The predicted octanol–water partition coefficient (Wildman–Crippen LogP) is 2.19. The van der Waals surface area contributed by atoms with Crippen LogP contribution in [0.1, 0.15) is 24.8 Å². The highest BCUT2D eigenvalue weighted by molar-refractivity contribution is 5.82. The molecule has 0 saturated carbocycles. The van der Waals surface area contributed by atoms with Gasteiger partial charge in [-0.3, -0.25) is 4.79 Å². The summed E-state index contributed by atoms with van der Waals surface area (Å²) < 4.78 is 7.00. The first-order valence-electron chi connectivity index (χ1n) is 10.6. The van der Waals surface area contributed by atoms with Gasteiger partial charge in [0.2, 0.25) is 5.91 Å². The molecule has 156 valence electrons. The lowest BCUT2D eigenvalue weighted by atomic mass is 9.96. The zero-order chi connectivity index (χ0) is 20.5. The maximum Gasteiger partial charge on any atom is 0.226 e. The number of methoxy groups -OCH3 is 1. The lowest BCUT2D eigenvalue weighted by Crippen LogP contribution is -2.51. The summed E-state index contributed by atoms with van der Waals surface area (Å²) in [6.07, 6.45) is 8.99. The van der Waals surface area contributed by atoms with Crippen molar-refractivity contribution < 1.29 is 9.53 Å². The van der Waals surface area contributed by atoms with Crippen LogP contribution in [0.2, 0.25) is 0 Å². The third-order valence-corrected chi connectivity index (χ3v) is 6.34. The number of hydrogen-bond acceptors (Lipinski definition) is 6. The minimum absolute atomic E-state index is 0.122. The van der Waals surface area contributed by atoms with Crippen molar-refractivity contribution in [1.82, 2.24) is 24.5 Å². The second kappa shape index (κ2) is 7.93. The molecular formula is C22H26N6O2. The molecule has 1 unspecified atom stereocenters. The van der Waals surface area contributed by atoms with Gasteiger partial charge >= 0.3 is 0 Å². The standard InChI is InChI=1S/C22H26N6O2/c1-30-19-7-8-20(23-13-19)26-10-11-27-18(14-26)12-17(22(27)29)5-2-4-16-6-3-9-28-21(16)24-15-25-28/h3,6-9,13,15,17-18H,2,4-5,10-12,14H2,1H3/t17?,18-/m0/s1. The van der Waals surface area contributed by atoms with Crippen molar-refractivity contribution in [2.75, 3.05) is 31.6 Å². The smallest absolute Gasteiger partial charge is 0.226 e. The summed E-state index contributed by atoms with van der Waals surface area (Å²) in [5.74, 6) is 2.16. The molecule has 0 bridgehead atoms. The van der Waals surface area contributed by atoms with Crippen molar-refractivity contribution in [1.29, 1.82) is 0 Å². The van der Waals surface area contributed by atoms with Crippen molar-refractivity contribution in [3.63, 3.8) is 0 Å². The van der Waals surface area contributed by atoms with E-state index in [1.54, 1.807) is 24.1 Å². The molecule has 30 heavy (non-hydrogen) atoms. The number of fused-ring (bicyclic) bond motifs is 2. The first-order valence-corrected chi connectivity index (χ1v) is 10.6. The van der Waals surface area contributed by atoms with E-state index in [1.807, 2.05) is 24.4 Å². The monoisotopic (exact) mass is 406 g/mol.